The highest BCUT2D eigenvalue weighted by atomic mass is 79.9. The van der Waals surface area contributed by atoms with Crippen molar-refractivity contribution in [2.24, 2.45) is 5.92 Å². The first kappa shape index (κ1) is 12.2. The highest BCUT2D eigenvalue weighted by Gasteiger charge is 2.11. The molecule has 2 aromatic rings. The maximum absolute atomic E-state index is 9.13. The number of aliphatic hydroxyl groups excluding tert-OH is 1. The maximum atomic E-state index is 9.13. The topological polar surface area (TPSA) is 49.0 Å². The van der Waals surface area contributed by atoms with Gasteiger partial charge in [0, 0.05) is 23.0 Å². The van der Waals surface area contributed by atoms with E-state index in [2.05, 4.69) is 22.0 Å². The number of hydrogen-bond acceptors (Lipinski definition) is 2. The second-order valence-electron chi connectivity index (χ2n) is 4.24. The van der Waals surface area contributed by atoms with Gasteiger partial charge in [0.2, 0.25) is 0 Å². The minimum atomic E-state index is 0.124. The largest absolute Gasteiger partial charge is 0.396 e. The average Bonchev–Trinajstić information content (AvgIpc) is 2.67. The van der Waals surface area contributed by atoms with Gasteiger partial charge >= 0.3 is 0 Å². The summed E-state index contributed by atoms with van der Waals surface area (Å²) in [5.74, 6) is 0.136. The van der Waals surface area contributed by atoms with E-state index in [-0.39, 0.29) is 12.5 Å². The molecule has 4 heteroatoms. The minimum Gasteiger partial charge on any atom is -0.396 e. The molecule has 0 saturated carbocycles. The summed E-state index contributed by atoms with van der Waals surface area (Å²) in [7, 11) is 0. The van der Waals surface area contributed by atoms with Gasteiger partial charge in [-0.2, -0.15) is 5.26 Å². The number of aromatic nitrogens is 1. The number of rotatable bonds is 3. The van der Waals surface area contributed by atoms with Gasteiger partial charge in [0.05, 0.1) is 5.52 Å². The Hall–Kier alpha value is -1.31. The van der Waals surface area contributed by atoms with Crippen LogP contribution in [-0.2, 0) is 6.54 Å². The van der Waals surface area contributed by atoms with Crippen molar-refractivity contribution in [3.05, 3.63) is 34.4 Å². The lowest BCUT2D eigenvalue weighted by atomic mass is 10.2. The Morgan fingerprint density at radius 2 is 2.24 bits per heavy atom. The summed E-state index contributed by atoms with van der Waals surface area (Å²) in [6.45, 7) is 2.74. The highest BCUT2D eigenvalue weighted by Crippen LogP contribution is 2.24. The number of halogens is 1. The van der Waals surface area contributed by atoms with Gasteiger partial charge in [-0.05, 0) is 24.1 Å². The normalized spacial score (nSPS) is 12.6. The van der Waals surface area contributed by atoms with Gasteiger partial charge < -0.3 is 9.67 Å². The molecule has 0 aliphatic carbocycles. The lowest BCUT2D eigenvalue weighted by Crippen LogP contribution is -2.12. The van der Waals surface area contributed by atoms with E-state index in [0.29, 0.717) is 12.2 Å². The first-order chi connectivity index (χ1) is 8.15. The first-order valence-electron chi connectivity index (χ1n) is 5.45. The van der Waals surface area contributed by atoms with Crippen molar-refractivity contribution in [3.63, 3.8) is 0 Å². The Morgan fingerprint density at radius 1 is 1.47 bits per heavy atom. The van der Waals surface area contributed by atoms with Crippen molar-refractivity contribution in [2.45, 2.75) is 13.5 Å². The fraction of sp³-hybridized carbons (Fsp3) is 0.308. The molecule has 0 aliphatic heterocycles. The fourth-order valence-electron chi connectivity index (χ4n) is 1.89. The third-order valence-corrected chi connectivity index (χ3v) is 3.28. The van der Waals surface area contributed by atoms with Crippen molar-refractivity contribution in [1.82, 2.24) is 4.57 Å². The second-order valence-corrected chi connectivity index (χ2v) is 5.16. The van der Waals surface area contributed by atoms with Crippen LogP contribution in [0.2, 0.25) is 0 Å². The van der Waals surface area contributed by atoms with Crippen LogP contribution in [0.15, 0.2) is 28.7 Å². The lowest BCUT2D eigenvalue weighted by molar-refractivity contribution is 0.224. The molecule has 17 heavy (non-hydrogen) atoms. The molecule has 0 bridgehead atoms. The van der Waals surface area contributed by atoms with Crippen LogP contribution >= 0.6 is 15.9 Å². The monoisotopic (exact) mass is 292 g/mol. The van der Waals surface area contributed by atoms with Crippen molar-refractivity contribution in [3.8, 4) is 6.07 Å². The average molecular weight is 293 g/mol. The van der Waals surface area contributed by atoms with Crippen LogP contribution < -0.4 is 0 Å². The van der Waals surface area contributed by atoms with E-state index in [0.717, 1.165) is 15.4 Å². The Morgan fingerprint density at radius 3 is 2.88 bits per heavy atom. The van der Waals surface area contributed by atoms with Crippen LogP contribution in [0.4, 0.5) is 0 Å². The van der Waals surface area contributed by atoms with Crippen LogP contribution in [0.25, 0.3) is 10.9 Å². The summed E-state index contributed by atoms with van der Waals surface area (Å²) >= 11 is 3.44. The lowest BCUT2D eigenvalue weighted by Gasteiger charge is -2.11. The molecule has 0 aliphatic rings. The molecule has 0 radical (unpaired) electrons. The molecule has 1 aromatic carbocycles. The van der Waals surface area contributed by atoms with Crippen LogP contribution in [0.1, 0.15) is 12.6 Å². The molecule has 1 N–H and O–H groups in total. The molecule has 1 atom stereocenters. The Kier molecular flexibility index (Phi) is 3.51. The standard InChI is InChI=1S/C13H13BrN2O/c1-9(8-17)7-16-12(6-15)4-10-2-3-11(14)5-13(10)16/h2-5,9,17H,7-8H2,1H3. The van der Waals surface area contributed by atoms with Gasteiger partial charge in [-0.3, -0.25) is 0 Å². The molecule has 2 rings (SSSR count). The Bertz CT molecular complexity index is 583. The number of aliphatic hydroxyl groups is 1. The molecule has 0 amide bonds. The second kappa shape index (κ2) is 4.91. The van der Waals surface area contributed by atoms with Gasteiger partial charge in [-0.15, -0.1) is 0 Å². The molecule has 1 heterocycles. The Labute approximate surface area is 108 Å². The van der Waals surface area contributed by atoms with E-state index in [1.54, 1.807) is 0 Å². The highest BCUT2D eigenvalue weighted by molar-refractivity contribution is 9.10. The third-order valence-electron chi connectivity index (χ3n) is 2.79. The molecule has 88 valence electrons. The predicted octanol–water partition coefficient (Wildman–Crippen LogP) is 2.90. The van der Waals surface area contributed by atoms with E-state index in [4.69, 9.17) is 10.4 Å². The molecule has 0 fully saturated rings. The quantitative estimate of drug-likeness (QED) is 0.946. The van der Waals surface area contributed by atoms with Crippen molar-refractivity contribution in [1.29, 1.82) is 5.26 Å². The van der Waals surface area contributed by atoms with Crippen molar-refractivity contribution < 1.29 is 5.11 Å². The smallest absolute Gasteiger partial charge is 0.121 e. The van der Waals surface area contributed by atoms with Crippen molar-refractivity contribution in [2.75, 3.05) is 6.61 Å². The number of hydrogen-bond donors (Lipinski definition) is 1. The zero-order chi connectivity index (χ0) is 12.4. The first-order valence-corrected chi connectivity index (χ1v) is 6.24. The molecule has 0 saturated heterocycles. The van der Waals surface area contributed by atoms with Gasteiger partial charge in [0.25, 0.3) is 0 Å². The van der Waals surface area contributed by atoms with Gasteiger partial charge in [0.1, 0.15) is 11.8 Å². The number of nitriles is 1. The van der Waals surface area contributed by atoms with Crippen LogP contribution in [0, 0.1) is 17.2 Å². The van der Waals surface area contributed by atoms with E-state index >= 15 is 0 Å². The van der Waals surface area contributed by atoms with E-state index < -0.39 is 0 Å². The number of nitrogens with zero attached hydrogens (tertiary/aromatic N) is 2. The summed E-state index contributed by atoms with van der Waals surface area (Å²) in [6, 6.07) is 10.0. The summed E-state index contributed by atoms with van der Waals surface area (Å²) < 4.78 is 2.95. The molecular formula is C13H13BrN2O. The Balaban J connectivity index is 2.57. The van der Waals surface area contributed by atoms with Gasteiger partial charge in [-0.25, -0.2) is 0 Å². The summed E-state index contributed by atoms with van der Waals surface area (Å²) in [4.78, 5) is 0. The zero-order valence-corrected chi connectivity index (χ0v) is 11.1. The fourth-order valence-corrected chi connectivity index (χ4v) is 2.24. The molecule has 0 spiro atoms. The van der Waals surface area contributed by atoms with E-state index in [1.807, 2.05) is 35.8 Å². The van der Waals surface area contributed by atoms with E-state index in [9.17, 15) is 0 Å². The molecular weight excluding hydrogens is 280 g/mol. The van der Waals surface area contributed by atoms with Crippen molar-refractivity contribution >= 4 is 26.8 Å². The maximum Gasteiger partial charge on any atom is 0.121 e. The summed E-state index contributed by atoms with van der Waals surface area (Å²) in [5.41, 5.74) is 1.66. The minimum absolute atomic E-state index is 0.124. The van der Waals surface area contributed by atoms with Crippen LogP contribution in [0.3, 0.4) is 0 Å². The van der Waals surface area contributed by atoms with Gasteiger partial charge in [-0.1, -0.05) is 28.9 Å². The third kappa shape index (κ3) is 2.36. The molecule has 3 nitrogen and oxygen atoms in total. The zero-order valence-electron chi connectivity index (χ0n) is 9.52. The van der Waals surface area contributed by atoms with E-state index in [1.165, 1.54) is 0 Å². The van der Waals surface area contributed by atoms with Crippen LogP contribution in [0.5, 0.6) is 0 Å². The molecule has 1 unspecified atom stereocenters. The SMILES string of the molecule is CC(CO)Cn1c(C#N)cc2ccc(Br)cc21. The summed E-state index contributed by atoms with van der Waals surface area (Å²) in [5, 5.41) is 19.3. The predicted molar refractivity (Wildman–Crippen MR) is 70.6 cm³/mol. The van der Waals surface area contributed by atoms with Crippen LogP contribution in [-0.4, -0.2) is 16.3 Å². The van der Waals surface area contributed by atoms with Gasteiger partial charge in [0.15, 0.2) is 0 Å². The summed E-state index contributed by atoms with van der Waals surface area (Å²) in [6.07, 6.45) is 0. The number of fused-ring (bicyclic) bond motifs is 1. The molecule has 1 aromatic heterocycles. The number of benzene rings is 1.